The highest BCUT2D eigenvalue weighted by molar-refractivity contribution is 5.75. The zero-order valence-electron chi connectivity index (χ0n) is 12.9. The van der Waals surface area contributed by atoms with E-state index in [-0.39, 0.29) is 17.7 Å². The van der Waals surface area contributed by atoms with Gasteiger partial charge < -0.3 is 16.2 Å². The van der Waals surface area contributed by atoms with E-state index in [1.807, 2.05) is 13.8 Å². The summed E-state index contributed by atoms with van der Waals surface area (Å²) in [6.45, 7) is 5.41. The van der Waals surface area contributed by atoms with Gasteiger partial charge in [0, 0.05) is 19.4 Å². The number of carboxylic acid groups (broad SMARTS) is 1. The number of carbonyl (C=O) groups is 2. The van der Waals surface area contributed by atoms with E-state index >= 15 is 0 Å². The summed E-state index contributed by atoms with van der Waals surface area (Å²) < 4.78 is 0. The first-order chi connectivity index (χ1) is 9.37. The number of carboxylic acids is 1. The predicted molar refractivity (Wildman–Crippen MR) is 80.4 cm³/mol. The van der Waals surface area contributed by atoms with Crippen LogP contribution in [0.3, 0.4) is 0 Å². The van der Waals surface area contributed by atoms with E-state index in [2.05, 4.69) is 5.32 Å². The van der Waals surface area contributed by atoms with Gasteiger partial charge in [0.05, 0.1) is 0 Å². The highest BCUT2D eigenvalue weighted by atomic mass is 16.4. The molecule has 0 unspecified atom stereocenters. The Balaban J connectivity index is 3.61. The molecule has 0 aromatic carbocycles. The number of hydrogen-bond donors (Lipinski definition) is 3. The summed E-state index contributed by atoms with van der Waals surface area (Å²) in [5.74, 6) is -0.675. The van der Waals surface area contributed by atoms with E-state index < -0.39 is 5.97 Å². The fourth-order valence-corrected chi connectivity index (χ4v) is 1.98. The summed E-state index contributed by atoms with van der Waals surface area (Å²) in [5, 5.41) is 11.6. The lowest BCUT2D eigenvalue weighted by atomic mass is 9.84. The quantitative estimate of drug-likeness (QED) is 0.480. The van der Waals surface area contributed by atoms with E-state index in [0.717, 1.165) is 38.6 Å². The first kappa shape index (κ1) is 18.9. The fourth-order valence-electron chi connectivity index (χ4n) is 1.98. The molecule has 4 N–H and O–H groups in total. The second-order valence-corrected chi connectivity index (χ2v) is 6.11. The fraction of sp³-hybridized carbons (Fsp3) is 0.867. The third-order valence-corrected chi connectivity index (χ3v) is 3.50. The summed E-state index contributed by atoms with van der Waals surface area (Å²) in [6.07, 6.45) is 6.27. The van der Waals surface area contributed by atoms with Crippen LogP contribution >= 0.6 is 0 Å². The highest BCUT2D eigenvalue weighted by Gasteiger charge is 2.19. The number of rotatable bonds is 12. The lowest BCUT2D eigenvalue weighted by molar-refractivity contribution is -0.137. The van der Waals surface area contributed by atoms with Crippen LogP contribution in [0.1, 0.15) is 65.2 Å². The molecule has 0 aliphatic carbocycles. The van der Waals surface area contributed by atoms with E-state index in [9.17, 15) is 9.59 Å². The number of aliphatic carboxylic acids is 1. The SMILES string of the molecule is CC(C)(CCNC(=O)CCCCCCN)CCC(=O)O. The summed E-state index contributed by atoms with van der Waals surface area (Å²) in [5.41, 5.74) is 5.36. The second kappa shape index (κ2) is 10.7. The van der Waals surface area contributed by atoms with Gasteiger partial charge in [-0.15, -0.1) is 0 Å². The van der Waals surface area contributed by atoms with Crippen molar-refractivity contribution in [3.63, 3.8) is 0 Å². The van der Waals surface area contributed by atoms with Crippen LogP contribution in [0.25, 0.3) is 0 Å². The average Bonchev–Trinajstić information content (AvgIpc) is 2.36. The normalized spacial score (nSPS) is 11.3. The maximum Gasteiger partial charge on any atom is 0.303 e. The maximum absolute atomic E-state index is 11.6. The van der Waals surface area contributed by atoms with E-state index in [1.54, 1.807) is 0 Å². The standard InChI is InChI=1S/C15H30N2O3/c1-15(2,9-8-14(19)20)10-12-17-13(18)7-5-3-4-6-11-16/h3-12,16H2,1-2H3,(H,17,18)(H,19,20). The van der Waals surface area contributed by atoms with Crippen molar-refractivity contribution >= 4 is 11.9 Å². The van der Waals surface area contributed by atoms with Crippen molar-refractivity contribution in [2.24, 2.45) is 11.1 Å². The van der Waals surface area contributed by atoms with Gasteiger partial charge in [-0.1, -0.05) is 26.7 Å². The second-order valence-electron chi connectivity index (χ2n) is 6.11. The Morgan fingerprint density at radius 2 is 1.70 bits per heavy atom. The number of nitrogens with two attached hydrogens (primary N) is 1. The number of nitrogens with one attached hydrogen (secondary N) is 1. The first-order valence-corrected chi connectivity index (χ1v) is 7.56. The number of carbonyl (C=O) groups excluding carboxylic acids is 1. The van der Waals surface area contributed by atoms with Crippen LogP contribution < -0.4 is 11.1 Å². The molecule has 0 radical (unpaired) electrons. The average molecular weight is 286 g/mol. The molecular formula is C15H30N2O3. The molecule has 5 nitrogen and oxygen atoms in total. The van der Waals surface area contributed by atoms with Gasteiger partial charge in [0.1, 0.15) is 0 Å². The minimum atomic E-state index is -0.764. The van der Waals surface area contributed by atoms with Crippen LogP contribution in [0.15, 0.2) is 0 Å². The van der Waals surface area contributed by atoms with Gasteiger partial charge in [-0.3, -0.25) is 9.59 Å². The molecule has 0 saturated carbocycles. The van der Waals surface area contributed by atoms with E-state index in [4.69, 9.17) is 10.8 Å². The van der Waals surface area contributed by atoms with E-state index in [0.29, 0.717) is 19.4 Å². The maximum atomic E-state index is 11.6. The Morgan fingerprint density at radius 1 is 1.05 bits per heavy atom. The van der Waals surface area contributed by atoms with Gasteiger partial charge in [0.25, 0.3) is 0 Å². The van der Waals surface area contributed by atoms with Crippen molar-refractivity contribution in [3.8, 4) is 0 Å². The lowest BCUT2D eigenvalue weighted by Crippen LogP contribution is -2.28. The molecule has 0 atom stereocenters. The monoisotopic (exact) mass is 286 g/mol. The molecule has 0 aromatic rings. The third-order valence-electron chi connectivity index (χ3n) is 3.50. The molecule has 0 spiro atoms. The molecule has 0 saturated heterocycles. The zero-order chi connectivity index (χ0) is 15.4. The molecule has 0 aliphatic rings. The first-order valence-electron chi connectivity index (χ1n) is 7.56. The van der Waals surface area contributed by atoms with Crippen LogP contribution in [0.2, 0.25) is 0 Å². The minimum Gasteiger partial charge on any atom is -0.481 e. The Morgan fingerprint density at radius 3 is 2.30 bits per heavy atom. The molecule has 20 heavy (non-hydrogen) atoms. The molecule has 1 amide bonds. The summed E-state index contributed by atoms with van der Waals surface area (Å²) in [6, 6.07) is 0. The van der Waals surface area contributed by atoms with Gasteiger partial charge in [-0.25, -0.2) is 0 Å². The van der Waals surface area contributed by atoms with Crippen LogP contribution in [0.4, 0.5) is 0 Å². The van der Waals surface area contributed by atoms with Crippen LogP contribution in [0.5, 0.6) is 0 Å². The van der Waals surface area contributed by atoms with Crippen molar-refractivity contribution in [3.05, 3.63) is 0 Å². The molecule has 0 fully saturated rings. The Labute approximate surface area is 122 Å². The van der Waals surface area contributed by atoms with Crippen LogP contribution in [-0.4, -0.2) is 30.1 Å². The molecule has 5 heteroatoms. The number of amides is 1. The Kier molecular flexibility index (Phi) is 10.1. The Hall–Kier alpha value is -1.10. The third kappa shape index (κ3) is 12.0. The van der Waals surface area contributed by atoms with Crippen molar-refractivity contribution in [2.45, 2.75) is 65.2 Å². The lowest BCUT2D eigenvalue weighted by Gasteiger charge is -2.23. The van der Waals surface area contributed by atoms with Gasteiger partial charge >= 0.3 is 5.97 Å². The van der Waals surface area contributed by atoms with Gasteiger partial charge in [-0.05, 0) is 37.6 Å². The van der Waals surface area contributed by atoms with Crippen LogP contribution in [-0.2, 0) is 9.59 Å². The van der Waals surface area contributed by atoms with Gasteiger partial charge in [0.15, 0.2) is 0 Å². The van der Waals surface area contributed by atoms with Crippen LogP contribution in [0, 0.1) is 5.41 Å². The predicted octanol–water partition coefficient (Wildman–Crippen LogP) is 2.29. The number of hydrogen-bond acceptors (Lipinski definition) is 3. The molecule has 0 aromatic heterocycles. The molecule has 0 aliphatic heterocycles. The minimum absolute atomic E-state index is 0.0488. The smallest absolute Gasteiger partial charge is 0.303 e. The van der Waals surface area contributed by atoms with Gasteiger partial charge in [0.2, 0.25) is 5.91 Å². The molecule has 118 valence electrons. The van der Waals surface area contributed by atoms with Gasteiger partial charge in [-0.2, -0.15) is 0 Å². The summed E-state index contributed by atoms with van der Waals surface area (Å²) in [7, 11) is 0. The largest absolute Gasteiger partial charge is 0.481 e. The molecule has 0 rings (SSSR count). The number of unbranched alkanes of at least 4 members (excludes halogenated alkanes) is 3. The summed E-state index contributed by atoms with van der Waals surface area (Å²) in [4.78, 5) is 22.1. The van der Waals surface area contributed by atoms with Crippen molar-refractivity contribution in [1.29, 1.82) is 0 Å². The van der Waals surface area contributed by atoms with E-state index in [1.165, 1.54) is 0 Å². The molecular weight excluding hydrogens is 256 g/mol. The highest BCUT2D eigenvalue weighted by Crippen LogP contribution is 2.25. The molecule has 0 heterocycles. The molecule has 0 bridgehead atoms. The van der Waals surface area contributed by atoms with Crippen molar-refractivity contribution in [2.75, 3.05) is 13.1 Å². The zero-order valence-corrected chi connectivity index (χ0v) is 12.9. The van der Waals surface area contributed by atoms with Crippen molar-refractivity contribution in [1.82, 2.24) is 5.32 Å². The topological polar surface area (TPSA) is 92.4 Å². The Bertz CT molecular complexity index is 291. The summed E-state index contributed by atoms with van der Waals surface area (Å²) >= 11 is 0. The van der Waals surface area contributed by atoms with Crippen molar-refractivity contribution < 1.29 is 14.7 Å².